The van der Waals surface area contributed by atoms with E-state index in [2.05, 4.69) is 10.9 Å². The van der Waals surface area contributed by atoms with E-state index in [1.807, 2.05) is 18.2 Å². The van der Waals surface area contributed by atoms with Gasteiger partial charge in [-0.15, -0.1) is 6.42 Å². The standard InChI is InChI=1S/C26H21N3O5S2/c1-3-14-28-21-15-22-23(34-17-33-22)16-24(21)35-26(28)27-25(30)18-10-12-20(13-11-18)36(31,32)29(4-2)19-8-6-5-7-9-19/h1,5-13,15-16H,4,14,17H2,2H3. The van der Waals surface area contributed by atoms with E-state index in [-0.39, 0.29) is 30.3 Å². The molecular weight excluding hydrogens is 498 g/mol. The number of amides is 1. The number of nitrogens with zero attached hydrogens (tertiary/aromatic N) is 3. The first kappa shape index (κ1) is 23.7. The summed E-state index contributed by atoms with van der Waals surface area (Å²) < 4.78 is 41.3. The van der Waals surface area contributed by atoms with Gasteiger partial charge in [0, 0.05) is 24.2 Å². The van der Waals surface area contributed by atoms with Crippen LogP contribution in [0.1, 0.15) is 17.3 Å². The first-order valence-electron chi connectivity index (χ1n) is 11.1. The number of hydrogen-bond donors (Lipinski definition) is 0. The van der Waals surface area contributed by atoms with Crippen LogP contribution >= 0.6 is 11.3 Å². The van der Waals surface area contributed by atoms with Gasteiger partial charge in [0.1, 0.15) is 0 Å². The van der Waals surface area contributed by atoms with E-state index in [1.54, 1.807) is 35.8 Å². The van der Waals surface area contributed by atoms with Gasteiger partial charge >= 0.3 is 0 Å². The minimum Gasteiger partial charge on any atom is -0.454 e. The summed E-state index contributed by atoms with van der Waals surface area (Å²) in [6.07, 6.45) is 5.56. The van der Waals surface area contributed by atoms with E-state index in [0.717, 1.165) is 10.2 Å². The quantitative estimate of drug-likeness (QED) is 0.359. The fourth-order valence-corrected chi connectivity index (χ4v) is 6.43. The van der Waals surface area contributed by atoms with E-state index in [0.29, 0.717) is 22.0 Å². The number of anilines is 1. The molecule has 36 heavy (non-hydrogen) atoms. The molecule has 0 spiro atoms. The van der Waals surface area contributed by atoms with Crippen LogP contribution in [0.25, 0.3) is 10.2 Å². The molecule has 1 aliphatic heterocycles. The van der Waals surface area contributed by atoms with E-state index < -0.39 is 15.9 Å². The van der Waals surface area contributed by atoms with Crippen molar-refractivity contribution in [1.29, 1.82) is 0 Å². The van der Waals surface area contributed by atoms with Gasteiger partial charge < -0.3 is 14.0 Å². The molecule has 3 aromatic carbocycles. The highest BCUT2D eigenvalue weighted by Crippen LogP contribution is 2.37. The lowest BCUT2D eigenvalue weighted by molar-refractivity contribution is 0.0997. The third-order valence-electron chi connectivity index (χ3n) is 5.64. The van der Waals surface area contributed by atoms with Crippen LogP contribution in [0.15, 0.2) is 76.6 Å². The van der Waals surface area contributed by atoms with Gasteiger partial charge in [-0.2, -0.15) is 4.99 Å². The zero-order valence-electron chi connectivity index (χ0n) is 19.2. The lowest BCUT2D eigenvalue weighted by Crippen LogP contribution is -2.30. The molecule has 182 valence electrons. The van der Waals surface area contributed by atoms with Crippen LogP contribution in [0.5, 0.6) is 11.5 Å². The molecule has 4 aromatic rings. The molecule has 1 aliphatic rings. The minimum atomic E-state index is -3.80. The number of benzene rings is 3. The second-order valence-corrected chi connectivity index (χ2v) is 10.7. The normalized spacial score (nSPS) is 13.1. The van der Waals surface area contributed by atoms with Gasteiger partial charge in [-0.05, 0) is 43.3 Å². The number of ether oxygens (including phenoxy) is 2. The molecule has 1 amide bonds. The van der Waals surface area contributed by atoms with E-state index in [1.165, 1.54) is 39.9 Å². The van der Waals surface area contributed by atoms with Crippen LogP contribution in [0.2, 0.25) is 0 Å². The summed E-state index contributed by atoms with van der Waals surface area (Å²) in [5.74, 6) is 3.32. The number of fused-ring (bicyclic) bond motifs is 2. The lowest BCUT2D eigenvalue weighted by Gasteiger charge is -2.22. The van der Waals surface area contributed by atoms with Crippen LogP contribution in [-0.2, 0) is 16.6 Å². The maximum Gasteiger partial charge on any atom is 0.279 e. The number of para-hydroxylation sites is 1. The molecule has 0 atom stereocenters. The first-order chi connectivity index (χ1) is 17.4. The van der Waals surface area contributed by atoms with Gasteiger partial charge in [-0.25, -0.2) is 8.42 Å². The summed E-state index contributed by atoms with van der Waals surface area (Å²) in [6, 6.07) is 18.3. The molecule has 0 N–H and O–H groups in total. The van der Waals surface area contributed by atoms with Gasteiger partial charge in [-0.3, -0.25) is 9.10 Å². The van der Waals surface area contributed by atoms with E-state index in [9.17, 15) is 13.2 Å². The largest absolute Gasteiger partial charge is 0.454 e. The molecule has 5 rings (SSSR count). The fraction of sp³-hybridized carbons (Fsp3) is 0.154. The second-order valence-electron chi connectivity index (χ2n) is 7.79. The van der Waals surface area contributed by atoms with Gasteiger partial charge in [0.15, 0.2) is 16.3 Å². The maximum absolute atomic E-state index is 13.2. The number of carbonyl (C=O) groups is 1. The summed E-state index contributed by atoms with van der Waals surface area (Å²) in [6.45, 7) is 2.41. The first-order valence-corrected chi connectivity index (χ1v) is 13.3. The molecule has 0 unspecified atom stereocenters. The smallest absolute Gasteiger partial charge is 0.279 e. The molecule has 10 heteroatoms. The van der Waals surface area contributed by atoms with Crippen molar-refractivity contribution in [3.8, 4) is 23.8 Å². The van der Waals surface area contributed by atoms with Gasteiger partial charge in [-0.1, -0.05) is 35.5 Å². The zero-order valence-corrected chi connectivity index (χ0v) is 20.9. The highest BCUT2D eigenvalue weighted by Gasteiger charge is 2.24. The number of carbonyl (C=O) groups excluding carboxylic acids is 1. The van der Waals surface area contributed by atoms with Crippen LogP contribution in [-0.4, -0.2) is 32.2 Å². The monoisotopic (exact) mass is 519 g/mol. The maximum atomic E-state index is 13.2. The number of terminal acetylenes is 1. The summed E-state index contributed by atoms with van der Waals surface area (Å²) in [5.41, 5.74) is 1.62. The topological polar surface area (TPSA) is 90.2 Å². The molecule has 0 bridgehead atoms. The molecular formula is C26H21N3O5S2. The van der Waals surface area contributed by atoms with Crippen molar-refractivity contribution in [3.05, 3.63) is 77.1 Å². The van der Waals surface area contributed by atoms with Crippen molar-refractivity contribution in [1.82, 2.24) is 4.57 Å². The summed E-state index contributed by atoms with van der Waals surface area (Å²) >= 11 is 1.31. The van der Waals surface area contributed by atoms with Crippen molar-refractivity contribution in [2.75, 3.05) is 17.6 Å². The van der Waals surface area contributed by atoms with E-state index >= 15 is 0 Å². The van der Waals surface area contributed by atoms with Crippen LogP contribution in [0, 0.1) is 12.3 Å². The highest BCUT2D eigenvalue weighted by molar-refractivity contribution is 7.92. The van der Waals surface area contributed by atoms with Crippen molar-refractivity contribution in [2.45, 2.75) is 18.4 Å². The Bertz CT molecular complexity index is 1670. The minimum absolute atomic E-state index is 0.0866. The number of hydrogen-bond acceptors (Lipinski definition) is 6. The molecule has 0 fully saturated rings. The van der Waals surface area contributed by atoms with Gasteiger partial charge in [0.05, 0.1) is 27.3 Å². The summed E-state index contributed by atoms with van der Waals surface area (Å²) in [5, 5.41) is 0. The number of rotatable bonds is 6. The second kappa shape index (κ2) is 9.53. The molecule has 1 aromatic heterocycles. The van der Waals surface area contributed by atoms with Crippen LogP contribution in [0.4, 0.5) is 5.69 Å². The number of sulfonamides is 1. The Morgan fingerprint density at radius 2 is 1.81 bits per heavy atom. The predicted octanol–water partition coefficient (Wildman–Crippen LogP) is 4.02. The average molecular weight is 520 g/mol. The predicted molar refractivity (Wildman–Crippen MR) is 138 cm³/mol. The molecule has 0 saturated heterocycles. The van der Waals surface area contributed by atoms with Crippen molar-refractivity contribution in [3.63, 3.8) is 0 Å². The fourth-order valence-electron chi connectivity index (χ4n) is 3.92. The number of aromatic nitrogens is 1. The van der Waals surface area contributed by atoms with Crippen molar-refractivity contribution in [2.24, 2.45) is 4.99 Å². The molecule has 0 aliphatic carbocycles. The Kier molecular flexibility index (Phi) is 6.26. The Morgan fingerprint density at radius 1 is 1.11 bits per heavy atom. The molecule has 2 heterocycles. The SMILES string of the molecule is C#CCn1c(=NC(=O)c2ccc(S(=O)(=O)N(CC)c3ccccc3)cc2)sc2cc3c(cc21)OCO3. The Labute approximate surface area is 212 Å². The van der Waals surface area contributed by atoms with E-state index in [4.69, 9.17) is 15.9 Å². The van der Waals surface area contributed by atoms with Crippen molar-refractivity contribution >= 4 is 43.2 Å². The number of thiazole rings is 1. The van der Waals surface area contributed by atoms with Gasteiger partial charge in [0.25, 0.3) is 15.9 Å². The van der Waals surface area contributed by atoms with Crippen LogP contribution < -0.4 is 18.6 Å². The third kappa shape index (κ3) is 4.23. The molecule has 0 saturated carbocycles. The summed E-state index contributed by atoms with van der Waals surface area (Å²) in [7, 11) is -3.80. The van der Waals surface area contributed by atoms with Crippen molar-refractivity contribution < 1.29 is 22.7 Å². The Balaban J connectivity index is 1.48. The molecule has 8 nitrogen and oxygen atoms in total. The lowest BCUT2D eigenvalue weighted by atomic mass is 10.2. The molecule has 0 radical (unpaired) electrons. The van der Waals surface area contributed by atoms with Gasteiger partial charge in [0.2, 0.25) is 6.79 Å². The zero-order chi connectivity index (χ0) is 25.3. The van der Waals surface area contributed by atoms with Crippen LogP contribution in [0.3, 0.4) is 0 Å². The average Bonchev–Trinajstić information content (AvgIpc) is 3.47. The Morgan fingerprint density at radius 3 is 2.47 bits per heavy atom. The highest BCUT2D eigenvalue weighted by atomic mass is 32.2. The Hall–Kier alpha value is -4.07. The summed E-state index contributed by atoms with van der Waals surface area (Å²) in [4.78, 5) is 17.8. The third-order valence-corrected chi connectivity index (χ3v) is 8.60.